The van der Waals surface area contributed by atoms with Gasteiger partial charge in [-0.25, -0.2) is 25.3 Å². The summed E-state index contributed by atoms with van der Waals surface area (Å²) < 4.78 is 105. The van der Waals surface area contributed by atoms with Crippen LogP contribution in [0.15, 0.2) is 130 Å². The summed E-state index contributed by atoms with van der Waals surface area (Å²) in [4.78, 5) is 2.81. The number of hydrogen-bond donors (Lipinski definition) is 1. The molecule has 0 fully saturated rings. The van der Waals surface area contributed by atoms with Gasteiger partial charge in [-0.2, -0.15) is 0 Å². The third kappa shape index (κ3) is 6.84. The largest absolute Gasteiger partial charge is 0.472 e. The number of nitrogens with zero attached hydrogens (tertiary/aromatic N) is 6. The van der Waals surface area contributed by atoms with Gasteiger partial charge in [0, 0.05) is 5.23 Å². The van der Waals surface area contributed by atoms with Crippen molar-refractivity contribution in [2.75, 3.05) is 13.2 Å². The van der Waals surface area contributed by atoms with Gasteiger partial charge in [-0.15, -0.1) is 0 Å². The molecule has 2 unspecified atom stereocenters. The molecule has 21 nitrogen and oxygen atoms in total. The van der Waals surface area contributed by atoms with Gasteiger partial charge < -0.3 is 24.6 Å². The van der Waals surface area contributed by atoms with E-state index in [4.69, 9.17) is 14.2 Å². The highest BCUT2D eigenvalue weighted by molar-refractivity contribution is 7.92. The van der Waals surface area contributed by atoms with Crippen molar-refractivity contribution in [2.24, 2.45) is 5.16 Å². The highest BCUT2D eigenvalue weighted by Gasteiger charge is 2.46. The Labute approximate surface area is 286 Å². The van der Waals surface area contributed by atoms with E-state index in [9.17, 15) is 40.9 Å². The molecule has 2 atom stereocenters. The number of hydrogen-bond acceptors (Lipinski definition) is 19. The molecule has 0 saturated heterocycles. The van der Waals surface area contributed by atoms with Crippen LogP contribution in [0.2, 0.25) is 0 Å². The fourth-order valence-electron chi connectivity index (χ4n) is 4.44. The number of benzene rings is 3. The van der Waals surface area contributed by atoms with Crippen molar-refractivity contribution in [3.05, 3.63) is 101 Å². The number of hydroxylamine groups is 2. The summed E-state index contributed by atoms with van der Waals surface area (Å²) in [6.45, 7) is -1.71. The predicted molar refractivity (Wildman–Crippen MR) is 160 cm³/mol. The second-order valence-electron chi connectivity index (χ2n) is 10.1. The van der Waals surface area contributed by atoms with Gasteiger partial charge in [0.05, 0.1) is 25.0 Å². The molecule has 0 saturated carbocycles. The van der Waals surface area contributed by atoms with Gasteiger partial charge in [0.1, 0.15) is 13.2 Å². The Kier molecular flexibility index (Phi) is 9.50. The van der Waals surface area contributed by atoms with E-state index in [1.54, 1.807) is 6.07 Å². The number of oxime groups is 1. The molecule has 0 aliphatic carbocycles. The summed E-state index contributed by atoms with van der Waals surface area (Å²) in [6, 6.07) is 20.2. The number of sulfone groups is 3. The maximum atomic E-state index is 13.4. The van der Waals surface area contributed by atoms with Crippen LogP contribution in [0, 0.1) is 10.4 Å². The molecule has 3 aromatic carbocycles. The van der Waals surface area contributed by atoms with Crippen LogP contribution < -0.4 is 19.3 Å². The van der Waals surface area contributed by atoms with E-state index in [1.807, 2.05) is 0 Å². The van der Waals surface area contributed by atoms with Crippen molar-refractivity contribution < 1.29 is 68.7 Å². The summed E-state index contributed by atoms with van der Waals surface area (Å²) in [6.07, 6.45) is -1.67. The normalized spacial score (nSPS) is 15.9. The summed E-state index contributed by atoms with van der Waals surface area (Å²) in [7, 11) is -13.7. The van der Waals surface area contributed by atoms with Crippen molar-refractivity contribution >= 4 is 35.4 Å². The molecule has 0 spiro atoms. The second-order valence-corrected chi connectivity index (χ2v) is 15.8. The van der Waals surface area contributed by atoms with E-state index in [-0.39, 0.29) is 19.9 Å². The van der Waals surface area contributed by atoms with Crippen molar-refractivity contribution in [3.63, 3.8) is 0 Å². The van der Waals surface area contributed by atoms with Gasteiger partial charge in [-0.3, -0.25) is 19.4 Å². The lowest BCUT2D eigenvalue weighted by Gasteiger charge is -2.19. The minimum Gasteiger partial charge on any atom is -0.472 e. The Morgan fingerprint density at radius 1 is 0.706 bits per heavy atom. The first kappa shape index (κ1) is 35.0. The second kappa shape index (κ2) is 13.8. The average molecular weight is 767 g/mol. The van der Waals surface area contributed by atoms with Gasteiger partial charge in [0.2, 0.25) is 9.84 Å². The average Bonchev–Trinajstić information content (AvgIpc) is 3.82. The highest BCUT2D eigenvalue weighted by Crippen LogP contribution is 2.29. The van der Waals surface area contributed by atoms with Crippen LogP contribution in [0.25, 0.3) is 0 Å². The first-order valence-electron chi connectivity index (χ1n) is 14.1. The van der Waals surface area contributed by atoms with E-state index in [0.717, 1.165) is 0 Å². The zero-order valence-corrected chi connectivity index (χ0v) is 27.7. The minimum absolute atomic E-state index is 0.102. The van der Waals surface area contributed by atoms with Crippen LogP contribution in [0.4, 0.5) is 0 Å². The Morgan fingerprint density at radius 3 is 1.69 bits per heavy atom. The lowest BCUT2D eigenvalue weighted by atomic mass is 10.4. The molecule has 51 heavy (non-hydrogen) atoms. The molecule has 5 aromatic rings. The molecule has 6 rings (SSSR count). The zero-order valence-electron chi connectivity index (χ0n) is 25.3. The standard InChI is InChI=1S/C27H22N6O15S3/c34-31-25(49(37,38)19-10-4-1-5-11-19)22(28-46-31)43-16-18(45-24-27(33(36)48-30-24)51(41,42)21-14-8-3-9-15-21)17-44-23-26(32(35)47-29-23)50(39,40)20-12-6-2-7-13-20/h1-15,18,25,34H,16-17H2. The van der Waals surface area contributed by atoms with E-state index in [1.165, 1.54) is 84.9 Å². The molecule has 268 valence electrons. The van der Waals surface area contributed by atoms with E-state index in [0.29, 0.717) is 0 Å². The van der Waals surface area contributed by atoms with Gasteiger partial charge in [-0.05, 0) is 51.4 Å². The Bertz CT molecular complexity index is 2370. The quantitative estimate of drug-likeness (QED) is 0.156. The van der Waals surface area contributed by atoms with Crippen molar-refractivity contribution in [1.82, 2.24) is 15.5 Å². The Hall–Kier alpha value is -5.82. The highest BCUT2D eigenvalue weighted by atomic mass is 32.2. The Balaban J connectivity index is 1.31. The Morgan fingerprint density at radius 2 is 1.16 bits per heavy atom. The molecule has 1 aliphatic rings. The molecule has 0 amide bonds. The lowest BCUT2D eigenvalue weighted by Crippen LogP contribution is -2.42. The third-order valence-corrected chi connectivity index (χ3v) is 12.2. The molecule has 24 heteroatoms. The summed E-state index contributed by atoms with van der Waals surface area (Å²) in [5.74, 6) is -2.53. The first-order valence-corrected chi connectivity index (χ1v) is 18.6. The number of ether oxygens (including phenoxy) is 3. The smallest absolute Gasteiger partial charge is 0.415 e. The van der Waals surface area contributed by atoms with Crippen molar-refractivity contribution in [2.45, 2.75) is 36.2 Å². The molecule has 2 aromatic heterocycles. The van der Waals surface area contributed by atoms with Gasteiger partial charge in [-0.1, -0.05) is 54.6 Å². The monoisotopic (exact) mass is 766 g/mol. The molecule has 1 aliphatic heterocycles. The summed E-state index contributed by atoms with van der Waals surface area (Å²) in [5.41, 5.74) is 0. The van der Waals surface area contributed by atoms with Gasteiger partial charge in [0.15, 0.2) is 6.10 Å². The van der Waals surface area contributed by atoms with Crippen LogP contribution in [0.1, 0.15) is 0 Å². The summed E-state index contributed by atoms with van der Waals surface area (Å²) >= 11 is 0. The van der Waals surface area contributed by atoms with Crippen LogP contribution in [-0.2, 0) is 39.2 Å². The summed E-state index contributed by atoms with van der Waals surface area (Å²) in [5, 5.41) is 40.9. The van der Waals surface area contributed by atoms with Crippen LogP contribution in [0.5, 0.6) is 11.8 Å². The first-order chi connectivity index (χ1) is 24.3. The van der Waals surface area contributed by atoms with Gasteiger partial charge in [0.25, 0.3) is 30.9 Å². The van der Waals surface area contributed by atoms with E-state index < -0.39 is 91.7 Å². The maximum absolute atomic E-state index is 13.4. The van der Waals surface area contributed by atoms with E-state index in [2.05, 4.69) is 29.7 Å². The molecule has 0 radical (unpaired) electrons. The third-order valence-electron chi connectivity index (χ3n) is 6.80. The number of rotatable bonds is 13. The SMILES string of the molecule is O=S(=O)(c1ccccc1)c1c(OCC(COC2=NON(O)C2S(=O)(=O)c2ccccc2)Oc2no[n+]([O-])c2S(=O)(=O)c2ccccc2)no[n+]1[O-]. The molecule has 1 N–H and O–H groups in total. The molecule has 3 heterocycles. The van der Waals surface area contributed by atoms with Crippen molar-refractivity contribution in [1.29, 1.82) is 0 Å². The van der Waals surface area contributed by atoms with Crippen LogP contribution in [-0.4, -0.2) is 76.6 Å². The minimum atomic E-state index is -4.65. The molecule has 0 bridgehead atoms. The number of aromatic nitrogens is 4. The lowest BCUT2D eigenvalue weighted by molar-refractivity contribution is -0.832. The van der Waals surface area contributed by atoms with Crippen molar-refractivity contribution in [3.8, 4) is 11.8 Å². The fraction of sp³-hybridized carbons (Fsp3) is 0.148. The fourth-order valence-corrected chi connectivity index (χ4v) is 8.47. The van der Waals surface area contributed by atoms with E-state index >= 15 is 0 Å². The zero-order chi connectivity index (χ0) is 36.4. The molecular weight excluding hydrogens is 745 g/mol. The predicted octanol–water partition coefficient (Wildman–Crippen LogP) is 0.188. The van der Waals surface area contributed by atoms with Gasteiger partial charge >= 0.3 is 21.8 Å². The maximum Gasteiger partial charge on any atom is 0.415 e. The van der Waals surface area contributed by atoms with Crippen LogP contribution >= 0.6 is 0 Å². The van der Waals surface area contributed by atoms with Crippen LogP contribution in [0.3, 0.4) is 0 Å². The topological polar surface area (TPSA) is 281 Å². The molecular formula is C27H22N6O15S3.